The minimum Gasteiger partial charge on any atom is -0.371 e. The van der Waals surface area contributed by atoms with Crippen molar-refractivity contribution >= 4 is 28.1 Å². The van der Waals surface area contributed by atoms with Crippen molar-refractivity contribution in [1.29, 1.82) is 0 Å². The molecule has 0 radical (unpaired) electrons. The van der Waals surface area contributed by atoms with Gasteiger partial charge in [-0.2, -0.15) is 0 Å². The molecule has 1 amide bonds. The average Bonchev–Trinajstić information content (AvgIpc) is 2.90. The van der Waals surface area contributed by atoms with Crippen LogP contribution in [-0.2, 0) is 4.79 Å². The number of thiazole rings is 1. The van der Waals surface area contributed by atoms with E-state index in [0.717, 1.165) is 0 Å². The van der Waals surface area contributed by atoms with E-state index >= 15 is 0 Å². The molecule has 2 rings (SSSR count). The van der Waals surface area contributed by atoms with Crippen LogP contribution in [0.1, 0.15) is 13.3 Å². The molecule has 0 unspecified atom stereocenters. The second kappa shape index (κ2) is 6.29. The van der Waals surface area contributed by atoms with Crippen molar-refractivity contribution < 1.29 is 9.18 Å². The van der Waals surface area contributed by atoms with Gasteiger partial charge in [-0.15, -0.1) is 11.3 Å². The Morgan fingerprint density at radius 2 is 2.26 bits per heavy atom. The summed E-state index contributed by atoms with van der Waals surface area (Å²) in [5.41, 5.74) is 0.323. The molecule has 1 atom stereocenters. The van der Waals surface area contributed by atoms with E-state index in [-0.39, 0.29) is 11.7 Å². The lowest BCUT2D eigenvalue weighted by molar-refractivity contribution is -0.116. The molecular formula is C13H14FN3OS. The summed E-state index contributed by atoms with van der Waals surface area (Å²) >= 11 is 1.34. The number of nitrogens with zero attached hydrogens (tertiary/aromatic N) is 1. The van der Waals surface area contributed by atoms with Gasteiger partial charge in [0.1, 0.15) is 11.9 Å². The minimum absolute atomic E-state index is 0.222. The van der Waals surface area contributed by atoms with E-state index < -0.39 is 6.04 Å². The molecule has 0 aliphatic carbocycles. The number of para-hydroxylation sites is 1. The van der Waals surface area contributed by atoms with Crippen LogP contribution in [0, 0.1) is 5.82 Å². The van der Waals surface area contributed by atoms with Crippen molar-refractivity contribution in [3.8, 4) is 0 Å². The summed E-state index contributed by atoms with van der Waals surface area (Å²) in [7, 11) is 0. The summed E-state index contributed by atoms with van der Waals surface area (Å²) in [6.45, 7) is 1.86. The van der Waals surface area contributed by atoms with E-state index in [0.29, 0.717) is 17.2 Å². The monoisotopic (exact) mass is 279 g/mol. The van der Waals surface area contributed by atoms with Gasteiger partial charge in [0, 0.05) is 11.6 Å². The summed E-state index contributed by atoms with van der Waals surface area (Å²) in [5, 5.41) is 7.91. The first-order valence-electron chi connectivity index (χ1n) is 5.92. The van der Waals surface area contributed by atoms with Crippen molar-refractivity contribution in [2.24, 2.45) is 0 Å². The van der Waals surface area contributed by atoms with E-state index in [1.165, 1.54) is 17.4 Å². The van der Waals surface area contributed by atoms with E-state index in [2.05, 4.69) is 15.6 Å². The Balaban J connectivity index is 2.04. The molecule has 19 heavy (non-hydrogen) atoms. The summed E-state index contributed by atoms with van der Waals surface area (Å²) in [6, 6.07) is 5.79. The van der Waals surface area contributed by atoms with Crippen molar-refractivity contribution in [1.82, 2.24) is 4.98 Å². The van der Waals surface area contributed by atoms with Crippen LogP contribution >= 0.6 is 11.3 Å². The first-order valence-corrected chi connectivity index (χ1v) is 6.80. The van der Waals surface area contributed by atoms with Gasteiger partial charge in [-0.1, -0.05) is 19.1 Å². The molecule has 1 aromatic heterocycles. The summed E-state index contributed by atoms with van der Waals surface area (Å²) in [4.78, 5) is 16.0. The fourth-order valence-electron chi connectivity index (χ4n) is 1.60. The molecule has 0 spiro atoms. The number of benzene rings is 1. The highest BCUT2D eigenvalue weighted by Crippen LogP contribution is 2.16. The van der Waals surface area contributed by atoms with Crippen molar-refractivity contribution in [3.63, 3.8) is 0 Å². The zero-order valence-corrected chi connectivity index (χ0v) is 11.2. The van der Waals surface area contributed by atoms with Gasteiger partial charge in [-0.3, -0.25) is 4.79 Å². The number of nitrogens with one attached hydrogen (secondary N) is 2. The molecule has 4 nitrogen and oxygen atoms in total. The van der Waals surface area contributed by atoms with Crippen LogP contribution < -0.4 is 10.6 Å². The Kier molecular flexibility index (Phi) is 4.46. The number of hydrogen-bond donors (Lipinski definition) is 2. The van der Waals surface area contributed by atoms with E-state index in [9.17, 15) is 9.18 Å². The first-order chi connectivity index (χ1) is 9.20. The number of hydrogen-bond acceptors (Lipinski definition) is 4. The minimum atomic E-state index is -0.499. The van der Waals surface area contributed by atoms with Crippen molar-refractivity contribution in [2.45, 2.75) is 19.4 Å². The fraction of sp³-hybridized carbons (Fsp3) is 0.231. The molecule has 0 saturated carbocycles. The number of amides is 1. The Morgan fingerprint density at radius 3 is 2.89 bits per heavy atom. The highest BCUT2D eigenvalue weighted by Gasteiger charge is 2.18. The van der Waals surface area contributed by atoms with Gasteiger partial charge in [0.05, 0.1) is 5.69 Å². The predicted octanol–water partition coefficient (Wildman–Crippen LogP) is 3.11. The lowest BCUT2D eigenvalue weighted by Gasteiger charge is -2.17. The van der Waals surface area contributed by atoms with Crippen LogP contribution in [0.3, 0.4) is 0 Å². The van der Waals surface area contributed by atoms with Crippen LogP contribution in [0.25, 0.3) is 0 Å². The maximum Gasteiger partial charge on any atom is 0.248 e. The zero-order valence-electron chi connectivity index (χ0n) is 10.4. The predicted molar refractivity (Wildman–Crippen MR) is 74.8 cm³/mol. The molecule has 2 N–H and O–H groups in total. The van der Waals surface area contributed by atoms with E-state index in [1.54, 1.807) is 29.8 Å². The number of halogens is 1. The zero-order chi connectivity index (χ0) is 13.7. The molecule has 0 aliphatic rings. The summed E-state index contributed by atoms with van der Waals surface area (Å²) < 4.78 is 13.5. The van der Waals surface area contributed by atoms with Crippen LogP contribution in [-0.4, -0.2) is 16.9 Å². The van der Waals surface area contributed by atoms with Crippen molar-refractivity contribution in [3.05, 3.63) is 41.7 Å². The molecule has 0 bridgehead atoms. The standard InChI is InChI=1S/C13H14FN3OS/c1-2-10(12(18)17-13-15-7-8-19-13)16-11-6-4-3-5-9(11)14/h3-8,10,16H,2H2,1H3,(H,15,17,18)/t10-/m0/s1. The SMILES string of the molecule is CC[C@H](Nc1ccccc1F)C(=O)Nc1nccs1. The van der Waals surface area contributed by atoms with E-state index in [1.807, 2.05) is 6.92 Å². The third-order valence-corrected chi connectivity index (χ3v) is 3.28. The van der Waals surface area contributed by atoms with Gasteiger partial charge in [-0.05, 0) is 18.6 Å². The molecule has 0 aliphatic heterocycles. The number of aromatic nitrogens is 1. The third-order valence-electron chi connectivity index (χ3n) is 2.59. The van der Waals surface area contributed by atoms with Gasteiger partial charge in [0.25, 0.3) is 0 Å². The Hall–Kier alpha value is -1.95. The molecule has 6 heteroatoms. The summed E-state index contributed by atoms with van der Waals surface area (Å²) in [6.07, 6.45) is 2.16. The molecule has 0 fully saturated rings. The lowest BCUT2D eigenvalue weighted by atomic mass is 10.2. The molecule has 1 heterocycles. The molecule has 2 aromatic rings. The second-order valence-electron chi connectivity index (χ2n) is 3.91. The van der Waals surface area contributed by atoms with Gasteiger partial charge in [0.15, 0.2) is 5.13 Å². The maximum atomic E-state index is 13.5. The maximum absolute atomic E-state index is 13.5. The van der Waals surface area contributed by atoms with Crippen LogP contribution in [0.15, 0.2) is 35.8 Å². The number of anilines is 2. The normalized spacial score (nSPS) is 11.9. The number of carbonyl (C=O) groups excluding carboxylic acids is 1. The van der Waals surface area contributed by atoms with Crippen LogP contribution in [0.4, 0.5) is 15.2 Å². The molecule has 0 saturated heterocycles. The highest BCUT2D eigenvalue weighted by molar-refractivity contribution is 7.13. The van der Waals surface area contributed by atoms with Gasteiger partial charge < -0.3 is 10.6 Å². The van der Waals surface area contributed by atoms with Crippen LogP contribution in [0.2, 0.25) is 0 Å². The number of carbonyl (C=O) groups is 1. The smallest absolute Gasteiger partial charge is 0.248 e. The quantitative estimate of drug-likeness (QED) is 0.884. The van der Waals surface area contributed by atoms with Gasteiger partial charge in [-0.25, -0.2) is 9.37 Å². The average molecular weight is 279 g/mol. The largest absolute Gasteiger partial charge is 0.371 e. The Bertz CT molecular complexity index is 545. The lowest BCUT2D eigenvalue weighted by Crippen LogP contribution is -2.34. The molecule has 1 aromatic carbocycles. The van der Waals surface area contributed by atoms with Crippen molar-refractivity contribution in [2.75, 3.05) is 10.6 Å². The second-order valence-corrected chi connectivity index (χ2v) is 4.81. The third kappa shape index (κ3) is 3.51. The van der Waals surface area contributed by atoms with E-state index in [4.69, 9.17) is 0 Å². The molecular weight excluding hydrogens is 265 g/mol. The fourth-order valence-corrected chi connectivity index (χ4v) is 2.13. The van der Waals surface area contributed by atoms with Gasteiger partial charge >= 0.3 is 0 Å². The molecule has 100 valence electrons. The summed E-state index contributed by atoms with van der Waals surface area (Å²) in [5.74, 6) is -0.594. The van der Waals surface area contributed by atoms with Crippen LogP contribution in [0.5, 0.6) is 0 Å². The topological polar surface area (TPSA) is 54.0 Å². The first kappa shape index (κ1) is 13.5. The highest BCUT2D eigenvalue weighted by atomic mass is 32.1. The Labute approximate surface area is 114 Å². The Morgan fingerprint density at radius 1 is 1.47 bits per heavy atom. The number of rotatable bonds is 5. The van der Waals surface area contributed by atoms with Gasteiger partial charge in [0.2, 0.25) is 5.91 Å².